The fourth-order valence-corrected chi connectivity index (χ4v) is 2.98. The molecule has 4 nitrogen and oxygen atoms in total. The number of rotatable bonds is 6. The Kier molecular flexibility index (Phi) is 5.86. The highest BCUT2D eigenvalue weighted by molar-refractivity contribution is 5.64. The zero-order valence-electron chi connectivity index (χ0n) is 14.1. The Morgan fingerprint density at radius 2 is 1.58 bits per heavy atom. The van der Waals surface area contributed by atoms with E-state index in [1.165, 1.54) is 0 Å². The van der Waals surface area contributed by atoms with Gasteiger partial charge in [0.05, 0.1) is 26.4 Å². The van der Waals surface area contributed by atoms with Crippen molar-refractivity contribution in [1.29, 1.82) is 0 Å². The minimum atomic E-state index is -0.419. The standard InChI is InChI=1S/C20H25NO3/c1-23-19-8-6-17(7-9-19)16-2-4-18(5-3-16)20(22)10-11-21-12-14-24-15-13-21/h2-9,20,22H,10-15H2,1H3. The second-order valence-corrected chi connectivity index (χ2v) is 6.11. The van der Waals surface area contributed by atoms with Gasteiger partial charge in [-0.05, 0) is 35.2 Å². The van der Waals surface area contributed by atoms with Crippen molar-refractivity contribution in [2.75, 3.05) is 40.0 Å². The summed E-state index contributed by atoms with van der Waals surface area (Å²) in [6, 6.07) is 16.2. The van der Waals surface area contributed by atoms with Crippen LogP contribution in [-0.4, -0.2) is 50.0 Å². The van der Waals surface area contributed by atoms with Crippen LogP contribution in [0.25, 0.3) is 11.1 Å². The zero-order valence-corrected chi connectivity index (χ0v) is 14.1. The maximum Gasteiger partial charge on any atom is 0.118 e. The summed E-state index contributed by atoms with van der Waals surface area (Å²) in [5, 5.41) is 10.4. The van der Waals surface area contributed by atoms with Gasteiger partial charge < -0.3 is 14.6 Å². The molecule has 2 aromatic carbocycles. The number of methoxy groups -OCH3 is 1. The molecule has 1 aliphatic heterocycles. The van der Waals surface area contributed by atoms with E-state index < -0.39 is 6.10 Å². The van der Waals surface area contributed by atoms with Gasteiger partial charge in [0.25, 0.3) is 0 Å². The highest BCUT2D eigenvalue weighted by Gasteiger charge is 2.13. The third-order valence-electron chi connectivity index (χ3n) is 4.54. The van der Waals surface area contributed by atoms with Gasteiger partial charge in [-0.2, -0.15) is 0 Å². The number of hydrogen-bond acceptors (Lipinski definition) is 4. The molecule has 1 fully saturated rings. The van der Waals surface area contributed by atoms with Crippen LogP contribution < -0.4 is 4.74 Å². The van der Waals surface area contributed by atoms with E-state index in [0.717, 1.165) is 61.7 Å². The normalized spacial score (nSPS) is 16.8. The summed E-state index contributed by atoms with van der Waals surface area (Å²) in [6.07, 6.45) is 0.333. The van der Waals surface area contributed by atoms with Gasteiger partial charge in [-0.25, -0.2) is 0 Å². The Hall–Kier alpha value is -1.88. The first-order chi connectivity index (χ1) is 11.8. The number of aliphatic hydroxyl groups excluding tert-OH is 1. The van der Waals surface area contributed by atoms with Crippen molar-refractivity contribution in [2.24, 2.45) is 0 Å². The summed E-state index contributed by atoms with van der Waals surface area (Å²) in [7, 11) is 1.67. The van der Waals surface area contributed by atoms with E-state index in [2.05, 4.69) is 17.0 Å². The summed E-state index contributed by atoms with van der Waals surface area (Å²) >= 11 is 0. The van der Waals surface area contributed by atoms with Crippen LogP contribution in [0.15, 0.2) is 48.5 Å². The molecule has 24 heavy (non-hydrogen) atoms. The van der Waals surface area contributed by atoms with Crippen molar-refractivity contribution >= 4 is 0 Å². The predicted molar refractivity (Wildman–Crippen MR) is 95.3 cm³/mol. The molecule has 0 aliphatic carbocycles. The van der Waals surface area contributed by atoms with Gasteiger partial charge in [0.1, 0.15) is 5.75 Å². The lowest BCUT2D eigenvalue weighted by molar-refractivity contribution is 0.0300. The van der Waals surface area contributed by atoms with E-state index in [9.17, 15) is 5.11 Å². The molecule has 0 aromatic heterocycles. The van der Waals surface area contributed by atoms with E-state index in [0.29, 0.717) is 0 Å². The molecular weight excluding hydrogens is 302 g/mol. The average molecular weight is 327 g/mol. The maximum absolute atomic E-state index is 10.4. The molecule has 0 amide bonds. The summed E-state index contributed by atoms with van der Waals surface area (Å²) in [5.41, 5.74) is 3.26. The van der Waals surface area contributed by atoms with Crippen LogP contribution in [-0.2, 0) is 4.74 Å². The molecule has 1 N–H and O–H groups in total. The fourth-order valence-electron chi connectivity index (χ4n) is 2.98. The molecule has 1 atom stereocenters. The molecule has 0 bridgehead atoms. The molecule has 1 aliphatic rings. The lowest BCUT2D eigenvalue weighted by Crippen LogP contribution is -2.37. The van der Waals surface area contributed by atoms with E-state index in [4.69, 9.17) is 9.47 Å². The fraction of sp³-hybridized carbons (Fsp3) is 0.400. The quantitative estimate of drug-likeness (QED) is 0.885. The second kappa shape index (κ2) is 8.29. The monoisotopic (exact) mass is 327 g/mol. The first-order valence-electron chi connectivity index (χ1n) is 8.49. The van der Waals surface area contributed by atoms with Crippen LogP contribution in [0.1, 0.15) is 18.1 Å². The third-order valence-corrected chi connectivity index (χ3v) is 4.54. The SMILES string of the molecule is COc1ccc(-c2ccc(C(O)CCN3CCOCC3)cc2)cc1. The van der Waals surface area contributed by atoms with E-state index >= 15 is 0 Å². The molecule has 0 radical (unpaired) electrons. The second-order valence-electron chi connectivity index (χ2n) is 6.11. The van der Waals surface area contributed by atoms with Gasteiger partial charge in [-0.3, -0.25) is 4.90 Å². The smallest absolute Gasteiger partial charge is 0.118 e. The van der Waals surface area contributed by atoms with E-state index in [1.807, 2.05) is 36.4 Å². The van der Waals surface area contributed by atoms with E-state index in [-0.39, 0.29) is 0 Å². The molecule has 3 rings (SSSR count). The van der Waals surface area contributed by atoms with Crippen LogP contribution in [0.5, 0.6) is 5.75 Å². The minimum absolute atomic E-state index is 0.419. The number of ether oxygens (including phenoxy) is 2. The topological polar surface area (TPSA) is 41.9 Å². The first-order valence-corrected chi connectivity index (χ1v) is 8.49. The molecule has 128 valence electrons. The number of nitrogens with zero attached hydrogens (tertiary/aromatic N) is 1. The van der Waals surface area contributed by atoms with Crippen LogP contribution in [0.3, 0.4) is 0 Å². The van der Waals surface area contributed by atoms with Crippen LogP contribution in [0.4, 0.5) is 0 Å². The number of aliphatic hydroxyl groups is 1. The van der Waals surface area contributed by atoms with Crippen molar-refractivity contribution in [2.45, 2.75) is 12.5 Å². The number of hydrogen-bond donors (Lipinski definition) is 1. The Balaban J connectivity index is 1.58. The van der Waals surface area contributed by atoms with Gasteiger partial charge in [0, 0.05) is 19.6 Å². The van der Waals surface area contributed by atoms with Gasteiger partial charge in [0.15, 0.2) is 0 Å². The van der Waals surface area contributed by atoms with Crippen LogP contribution >= 0.6 is 0 Å². The van der Waals surface area contributed by atoms with Crippen molar-refractivity contribution < 1.29 is 14.6 Å². The van der Waals surface area contributed by atoms with Gasteiger partial charge in [-0.1, -0.05) is 36.4 Å². The number of morpholine rings is 1. The number of benzene rings is 2. The third kappa shape index (κ3) is 4.35. The summed E-state index contributed by atoms with van der Waals surface area (Å²) in [5.74, 6) is 0.855. The summed E-state index contributed by atoms with van der Waals surface area (Å²) in [6.45, 7) is 4.43. The molecule has 1 saturated heterocycles. The highest BCUT2D eigenvalue weighted by atomic mass is 16.5. The molecule has 0 saturated carbocycles. The average Bonchev–Trinajstić information content (AvgIpc) is 2.67. The van der Waals surface area contributed by atoms with Crippen LogP contribution in [0, 0.1) is 0 Å². The minimum Gasteiger partial charge on any atom is -0.497 e. The largest absolute Gasteiger partial charge is 0.497 e. The van der Waals surface area contributed by atoms with Crippen molar-refractivity contribution in [3.63, 3.8) is 0 Å². The Labute approximate surface area is 143 Å². The van der Waals surface area contributed by atoms with Gasteiger partial charge >= 0.3 is 0 Å². The molecule has 1 heterocycles. The van der Waals surface area contributed by atoms with Crippen molar-refractivity contribution in [1.82, 2.24) is 4.90 Å². The van der Waals surface area contributed by atoms with Gasteiger partial charge in [0.2, 0.25) is 0 Å². The lowest BCUT2D eigenvalue weighted by Gasteiger charge is -2.27. The van der Waals surface area contributed by atoms with Crippen molar-refractivity contribution in [3.05, 3.63) is 54.1 Å². The molecule has 1 unspecified atom stereocenters. The molecule has 2 aromatic rings. The zero-order chi connectivity index (χ0) is 16.8. The lowest BCUT2D eigenvalue weighted by atomic mass is 10.0. The molecular formula is C20H25NO3. The van der Waals surface area contributed by atoms with E-state index in [1.54, 1.807) is 7.11 Å². The van der Waals surface area contributed by atoms with Crippen molar-refractivity contribution in [3.8, 4) is 16.9 Å². The Bertz CT molecular complexity index is 618. The van der Waals surface area contributed by atoms with Gasteiger partial charge in [-0.15, -0.1) is 0 Å². The first kappa shape index (κ1) is 17.0. The Morgan fingerprint density at radius 1 is 1.00 bits per heavy atom. The summed E-state index contributed by atoms with van der Waals surface area (Å²) < 4.78 is 10.5. The highest BCUT2D eigenvalue weighted by Crippen LogP contribution is 2.25. The molecule has 4 heteroatoms. The Morgan fingerprint density at radius 3 is 2.17 bits per heavy atom. The maximum atomic E-state index is 10.4. The predicted octanol–water partition coefficient (Wildman–Crippen LogP) is 3.12. The van der Waals surface area contributed by atoms with Crippen LogP contribution in [0.2, 0.25) is 0 Å². The summed E-state index contributed by atoms with van der Waals surface area (Å²) in [4.78, 5) is 2.35. The molecule has 0 spiro atoms.